The number of methoxy groups -OCH3 is 1. The summed E-state index contributed by atoms with van der Waals surface area (Å²) in [5.41, 5.74) is 1.61. The van der Waals surface area contributed by atoms with Gasteiger partial charge in [0, 0.05) is 35.1 Å². The van der Waals surface area contributed by atoms with Crippen molar-refractivity contribution in [3.8, 4) is 16.9 Å². The number of rotatable bonds is 6. The Bertz CT molecular complexity index is 1400. The minimum atomic E-state index is -0.877. The second-order valence-electron chi connectivity index (χ2n) is 7.58. The molecule has 0 radical (unpaired) electrons. The van der Waals surface area contributed by atoms with Crippen LogP contribution in [0.25, 0.3) is 22.1 Å². The zero-order valence-electron chi connectivity index (χ0n) is 18.1. The summed E-state index contributed by atoms with van der Waals surface area (Å²) in [5.74, 6) is -1.57. The van der Waals surface area contributed by atoms with Crippen LogP contribution in [0.15, 0.2) is 69.9 Å². The lowest BCUT2D eigenvalue weighted by atomic mass is 10.0. The molecule has 0 aliphatic heterocycles. The zero-order chi connectivity index (χ0) is 23.5. The van der Waals surface area contributed by atoms with E-state index < -0.39 is 23.2 Å². The van der Waals surface area contributed by atoms with Crippen LogP contribution in [-0.4, -0.2) is 13.0 Å². The summed E-state index contributed by atoms with van der Waals surface area (Å²) in [4.78, 5) is 25.2. The summed E-state index contributed by atoms with van der Waals surface area (Å²) in [6, 6.07) is 15.7. The lowest BCUT2D eigenvalue weighted by Gasteiger charge is -2.13. The quantitative estimate of drug-likeness (QED) is 0.388. The van der Waals surface area contributed by atoms with Crippen LogP contribution in [0, 0.1) is 18.6 Å². The smallest absolute Gasteiger partial charge is 0.339 e. The fourth-order valence-electron chi connectivity index (χ4n) is 3.78. The first-order valence-corrected chi connectivity index (χ1v) is 10.3. The lowest BCUT2D eigenvalue weighted by Crippen LogP contribution is -2.17. The molecule has 1 heterocycles. The number of aryl methyl sites for hydroxylation is 1. The van der Waals surface area contributed by atoms with Gasteiger partial charge < -0.3 is 14.5 Å². The van der Waals surface area contributed by atoms with E-state index in [0.29, 0.717) is 28.0 Å². The number of amides is 1. The van der Waals surface area contributed by atoms with Crippen molar-refractivity contribution < 1.29 is 22.7 Å². The number of hydrogen-bond acceptors (Lipinski definition) is 4. The number of halogens is 2. The molecule has 0 bridgehead atoms. The molecule has 7 heteroatoms. The van der Waals surface area contributed by atoms with Crippen LogP contribution in [0.2, 0.25) is 0 Å². The second-order valence-corrected chi connectivity index (χ2v) is 7.58. The van der Waals surface area contributed by atoms with E-state index in [-0.39, 0.29) is 24.1 Å². The van der Waals surface area contributed by atoms with Gasteiger partial charge in [0.05, 0.1) is 12.8 Å². The van der Waals surface area contributed by atoms with Gasteiger partial charge in [-0.2, -0.15) is 0 Å². The molecule has 0 saturated heterocycles. The van der Waals surface area contributed by atoms with Gasteiger partial charge in [0.1, 0.15) is 23.0 Å². The molecule has 5 nitrogen and oxygen atoms in total. The van der Waals surface area contributed by atoms with Crippen molar-refractivity contribution >= 4 is 22.6 Å². The van der Waals surface area contributed by atoms with Crippen molar-refractivity contribution in [1.29, 1.82) is 0 Å². The van der Waals surface area contributed by atoms with Crippen LogP contribution in [0.3, 0.4) is 0 Å². The molecule has 168 valence electrons. The summed E-state index contributed by atoms with van der Waals surface area (Å²) >= 11 is 0. The first kappa shape index (κ1) is 22.2. The number of fused-ring (bicyclic) bond motifs is 1. The van der Waals surface area contributed by atoms with E-state index >= 15 is 0 Å². The Labute approximate surface area is 188 Å². The third kappa shape index (κ3) is 4.62. The van der Waals surface area contributed by atoms with Crippen LogP contribution < -0.4 is 15.7 Å². The monoisotopic (exact) mass is 449 g/mol. The van der Waals surface area contributed by atoms with Crippen molar-refractivity contribution in [3.05, 3.63) is 93.8 Å². The molecule has 0 saturated carbocycles. The molecule has 1 amide bonds. The highest BCUT2D eigenvalue weighted by molar-refractivity contribution is 5.96. The molecule has 3 aromatic carbocycles. The van der Waals surface area contributed by atoms with E-state index in [1.807, 2.05) is 0 Å². The molecule has 33 heavy (non-hydrogen) atoms. The van der Waals surface area contributed by atoms with E-state index in [0.717, 1.165) is 11.5 Å². The third-order valence-corrected chi connectivity index (χ3v) is 5.50. The topological polar surface area (TPSA) is 68.5 Å². The van der Waals surface area contributed by atoms with Crippen molar-refractivity contribution in [3.63, 3.8) is 0 Å². The van der Waals surface area contributed by atoms with Gasteiger partial charge in [0.2, 0.25) is 5.91 Å². The van der Waals surface area contributed by atoms with Crippen LogP contribution in [-0.2, 0) is 11.2 Å². The number of carbonyl (C=O) groups is 1. The van der Waals surface area contributed by atoms with Gasteiger partial charge in [-0.1, -0.05) is 30.3 Å². The summed E-state index contributed by atoms with van der Waals surface area (Å²) in [7, 11) is 1.52. The molecular formula is C26H21F2NO4. The Hall–Kier alpha value is -4.00. The molecular weight excluding hydrogens is 428 g/mol. The lowest BCUT2D eigenvalue weighted by molar-refractivity contribution is -0.116. The molecule has 4 aromatic rings. The van der Waals surface area contributed by atoms with Crippen LogP contribution in [0.5, 0.6) is 5.75 Å². The highest BCUT2D eigenvalue weighted by Gasteiger charge is 2.18. The maximum Gasteiger partial charge on any atom is 0.339 e. The number of ether oxygens (including phenoxy) is 1. The third-order valence-electron chi connectivity index (χ3n) is 5.50. The summed E-state index contributed by atoms with van der Waals surface area (Å²) in [5, 5.41) is 3.27. The van der Waals surface area contributed by atoms with Crippen LogP contribution in [0.1, 0.15) is 17.5 Å². The van der Waals surface area contributed by atoms with Crippen molar-refractivity contribution in [2.45, 2.75) is 19.8 Å². The van der Waals surface area contributed by atoms with Crippen molar-refractivity contribution in [2.24, 2.45) is 0 Å². The van der Waals surface area contributed by atoms with E-state index in [2.05, 4.69) is 5.32 Å². The van der Waals surface area contributed by atoms with E-state index in [9.17, 15) is 18.4 Å². The molecule has 0 unspecified atom stereocenters. The largest absolute Gasteiger partial charge is 0.497 e. The average Bonchev–Trinajstić information content (AvgIpc) is 2.80. The average molecular weight is 449 g/mol. The van der Waals surface area contributed by atoms with Gasteiger partial charge in [0.25, 0.3) is 0 Å². The molecule has 0 fully saturated rings. The second kappa shape index (κ2) is 9.24. The van der Waals surface area contributed by atoms with Crippen LogP contribution in [0.4, 0.5) is 14.5 Å². The molecule has 4 rings (SSSR count). The number of benzene rings is 3. The van der Waals surface area contributed by atoms with Gasteiger partial charge in [0.15, 0.2) is 0 Å². The van der Waals surface area contributed by atoms with E-state index in [1.165, 1.54) is 13.2 Å². The first-order chi connectivity index (χ1) is 15.9. The Morgan fingerprint density at radius 1 is 1.06 bits per heavy atom. The predicted octanol–water partition coefficient (Wildman–Crippen LogP) is 5.63. The Morgan fingerprint density at radius 3 is 2.55 bits per heavy atom. The minimum Gasteiger partial charge on any atom is -0.497 e. The van der Waals surface area contributed by atoms with Crippen LogP contribution >= 0.6 is 0 Å². The Morgan fingerprint density at radius 2 is 1.82 bits per heavy atom. The fourth-order valence-corrected chi connectivity index (χ4v) is 3.78. The van der Waals surface area contributed by atoms with Crippen molar-refractivity contribution in [2.75, 3.05) is 12.4 Å². The summed E-state index contributed by atoms with van der Waals surface area (Å²) in [6.07, 6.45) is 0.0176. The highest BCUT2D eigenvalue weighted by Crippen LogP contribution is 2.32. The SMILES string of the molecule is COc1ccc2c(C)c(CCC(=O)Nc3c(F)cc(F)cc3-c3ccccc3)c(=O)oc2c1. The normalized spacial score (nSPS) is 10.9. The van der Waals surface area contributed by atoms with E-state index in [4.69, 9.17) is 9.15 Å². The Kier molecular flexibility index (Phi) is 6.22. The maximum atomic E-state index is 14.6. The van der Waals surface area contributed by atoms with Gasteiger partial charge in [-0.3, -0.25) is 4.79 Å². The first-order valence-electron chi connectivity index (χ1n) is 10.3. The van der Waals surface area contributed by atoms with Crippen molar-refractivity contribution in [1.82, 2.24) is 0 Å². The number of anilines is 1. The zero-order valence-corrected chi connectivity index (χ0v) is 18.1. The van der Waals surface area contributed by atoms with E-state index in [1.54, 1.807) is 55.5 Å². The standard InChI is InChI=1S/C26H21F2NO4/c1-15-19-9-8-18(32-2)14-23(19)33-26(31)20(15)10-11-24(30)29-25-21(12-17(27)13-22(25)28)16-6-4-3-5-7-16/h3-9,12-14H,10-11H2,1-2H3,(H,29,30). The number of nitrogens with one attached hydrogen (secondary N) is 1. The molecule has 1 N–H and O–H groups in total. The summed E-state index contributed by atoms with van der Waals surface area (Å²) in [6.45, 7) is 1.78. The fraction of sp³-hybridized carbons (Fsp3) is 0.154. The van der Waals surface area contributed by atoms with Gasteiger partial charge >= 0.3 is 5.63 Å². The summed E-state index contributed by atoms with van der Waals surface area (Å²) < 4.78 is 39.0. The molecule has 0 spiro atoms. The number of hydrogen-bond donors (Lipinski definition) is 1. The molecule has 0 aliphatic rings. The minimum absolute atomic E-state index is 0.0850. The number of carbonyl (C=O) groups excluding carboxylic acids is 1. The van der Waals surface area contributed by atoms with Gasteiger partial charge in [-0.05, 0) is 42.7 Å². The molecule has 0 atom stereocenters. The van der Waals surface area contributed by atoms with Gasteiger partial charge in [-0.15, -0.1) is 0 Å². The molecule has 0 aliphatic carbocycles. The maximum absolute atomic E-state index is 14.6. The predicted molar refractivity (Wildman–Crippen MR) is 123 cm³/mol. The Balaban J connectivity index is 1.58. The molecule has 1 aromatic heterocycles. The van der Waals surface area contributed by atoms with Gasteiger partial charge in [-0.25, -0.2) is 13.6 Å². The highest BCUT2D eigenvalue weighted by atomic mass is 19.1.